The lowest BCUT2D eigenvalue weighted by Crippen LogP contribution is -2.37. The number of hydrogen-bond acceptors (Lipinski definition) is 4. The van der Waals surface area contributed by atoms with Crippen molar-refractivity contribution in [1.82, 2.24) is 4.72 Å². The van der Waals surface area contributed by atoms with Gasteiger partial charge in [-0.05, 0) is 24.3 Å². The number of hydrogen-bond donors (Lipinski definition) is 1. The molecule has 4 rings (SSSR count). The Labute approximate surface area is 184 Å². The van der Waals surface area contributed by atoms with E-state index in [0.717, 1.165) is 16.8 Å². The van der Waals surface area contributed by atoms with Gasteiger partial charge in [0.05, 0.1) is 4.90 Å². The number of rotatable bonds is 5. The first kappa shape index (κ1) is 22.1. The summed E-state index contributed by atoms with van der Waals surface area (Å²) in [5, 5.41) is 1.53. The van der Waals surface area contributed by atoms with Crippen LogP contribution in [0.5, 0.6) is 0 Å². The number of amides is 1. The Morgan fingerprint density at radius 3 is 2.30 bits per heavy atom. The standard InChI is InChI=1S/C22H23N3O3S.H2S/c1-24(2)20-12-6-11-19-18(20)10-7-13-21(19)29(27,28)23-16-14-22(26)25(15-16)17-8-4-3-5-9-17;/h3-13,16,23H,14-15H2,1-2H3;1H2/t16-;/m0./s1. The Morgan fingerprint density at radius 2 is 1.60 bits per heavy atom. The maximum atomic E-state index is 13.2. The second-order valence-corrected chi connectivity index (χ2v) is 9.07. The van der Waals surface area contributed by atoms with Crippen molar-refractivity contribution in [3.8, 4) is 0 Å². The molecule has 30 heavy (non-hydrogen) atoms. The van der Waals surface area contributed by atoms with Crippen molar-refractivity contribution in [3.63, 3.8) is 0 Å². The van der Waals surface area contributed by atoms with Crippen molar-refractivity contribution in [1.29, 1.82) is 0 Å². The van der Waals surface area contributed by atoms with Crippen LogP contribution in [-0.4, -0.2) is 41.0 Å². The maximum absolute atomic E-state index is 13.2. The number of carbonyl (C=O) groups is 1. The number of para-hydroxylation sites is 1. The summed E-state index contributed by atoms with van der Waals surface area (Å²) >= 11 is 0. The summed E-state index contributed by atoms with van der Waals surface area (Å²) in [4.78, 5) is 16.2. The molecule has 0 saturated carbocycles. The fourth-order valence-electron chi connectivity index (χ4n) is 3.82. The molecule has 3 aromatic rings. The zero-order chi connectivity index (χ0) is 20.6. The van der Waals surface area contributed by atoms with Gasteiger partial charge in [0.25, 0.3) is 0 Å². The molecule has 0 aromatic heterocycles. The van der Waals surface area contributed by atoms with Crippen LogP contribution < -0.4 is 14.5 Å². The van der Waals surface area contributed by atoms with Gasteiger partial charge in [-0.3, -0.25) is 4.79 Å². The summed E-state index contributed by atoms with van der Waals surface area (Å²) in [7, 11) is 0.0650. The van der Waals surface area contributed by atoms with E-state index in [2.05, 4.69) is 4.72 Å². The molecule has 1 aliphatic heterocycles. The second-order valence-electron chi connectivity index (χ2n) is 7.39. The van der Waals surface area contributed by atoms with Crippen molar-refractivity contribution in [2.45, 2.75) is 17.4 Å². The van der Waals surface area contributed by atoms with Gasteiger partial charge in [0.15, 0.2) is 0 Å². The quantitative estimate of drug-likeness (QED) is 0.658. The minimum atomic E-state index is -3.79. The number of nitrogens with one attached hydrogen (secondary N) is 1. The summed E-state index contributed by atoms with van der Waals surface area (Å²) in [5.74, 6) is -0.0864. The molecule has 1 atom stereocenters. The fraction of sp³-hybridized carbons (Fsp3) is 0.227. The first-order chi connectivity index (χ1) is 13.9. The van der Waals surface area contributed by atoms with Gasteiger partial charge in [0.2, 0.25) is 15.9 Å². The van der Waals surface area contributed by atoms with Gasteiger partial charge < -0.3 is 9.80 Å². The zero-order valence-electron chi connectivity index (χ0n) is 16.9. The van der Waals surface area contributed by atoms with E-state index >= 15 is 0 Å². The monoisotopic (exact) mass is 443 g/mol. The highest BCUT2D eigenvalue weighted by Crippen LogP contribution is 2.31. The predicted molar refractivity (Wildman–Crippen MR) is 126 cm³/mol. The van der Waals surface area contributed by atoms with Gasteiger partial charge in [0.1, 0.15) is 0 Å². The molecule has 1 heterocycles. The Hall–Kier alpha value is -2.55. The van der Waals surface area contributed by atoms with Gasteiger partial charge in [-0.1, -0.05) is 42.5 Å². The molecule has 6 nitrogen and oxygen atoms in total. The lowest BCUT2D eigenvalue weighted by atomic mass is 10.1. The SMILES string of the molecule is CN(C)c1cccc2c(S(=O)(=O)N[C@H]3CC(=O)N(c4ccccc4)C3)cccc12.S. The Morgan fingerprint density at radius 1 is 0.933 bits per heavy atom. The van der Waals surface area contributed by atoms with E-state index < -0.39 is 16.1 Å². The van der Waals surface area contributed by atoms with Crippen molar-refractivity contribution in [2.75, 3.05) is 30.4 Å². The van der Waals surface area contributed by atoms with Crippen LogP contribution in [0.2, 0.25) is 0 Å². The number of sulfonamides is 1. The Bertz CT molecular complexity index is 1160. The number of anilines is 2. The summed E-state index contributed by atoms with van der Waals surface area (Å²) in [6.07, 6.45) is 0.141. The molecule has 0 aliphatic carbocycles. The summed E-state index contributed by atoms with van der Waals surface area (Å²) < 4.78 is 29.1. The van der Waals surface area contributed by atoms with E-state index in [0.29, 0.717) is 11.9 Å². The minimum Gasteiger partial charge on any atom is -0.377 e. The first-order valence-electron chi connectivity index (χ1n) is 9.43. The molecule has 158 valence electrons. The van der Waals surface area contributed by atoms with Crippen LogP contribution in [0.3, 0.4) is 0 Å². The number of nitrogens with zero attached hydrogens (tertiary/aromatic N) is 2. The molecule has 1 amide bonds. The molecule has 0 spiro atoms. The van der Waals surface area contributed by atoms with Crippen LogP contribution in [0.25, 0.3) is 10.8 Å². The van der Waals surface area contributed by atoms with E-state index in [1.165, 1.54) is 0 Å². The van der Waals surface area contributed by atoms with Crippen molar-refractivity contribution >= 4 is 51.6 Å². The molecule has 8 heteroatoms. The van der Waals surface area contributed by atoms with Gasteiger partial charge in [-0.2, -0.15) is 13.5 Å². The number of carbonyl (C=O) groups excluding carboxylic acids is 1. The molecule has 1 aliphatic rings. The zero-order valence-corrected chi connectivity index (χ0v) is 18.7. The third-order valence-corrected chi connectivity index (χ3v) is 6.72. The van der Waals surface area contributed by atoms with Gasteiger partial charge in [-0.25, -0.2) is 13.1 Å². The average molecular weight is 444 g/mol. The van der Waals surface area contributed by atoms with Crippen LogP contribution in [-0.2, 0) is 14.8 Å². The van der Waals surface area contributed by atoms with Crippen LogP contribution >= 0.6 is 13.5 Å². The predicted octanol–water partition coefficient (Wildman–Crippen LogP) is 3.10. The summed E-state index contributed by atoms with van der Waals surface area (Å²) in [6, 6.07) is 19.7. The summed E-state index contributed by atoms with van der Waals surface area (Å²) in [6.45, 7) is 0.315. The average Bonchev–Trinajstić information content (AvgIpc) is 3.06. The largest absolute Gasteiger partial charge is 0.377 e. The lowest BCUT2D eigenvalue weighted by molar-refractivity contribution is -0.117. The van der Waals surface area contributed by atoms with E-state index in [1.807, 2.05) is 73.6 Å². The van der Waals surface area contributed by atoms with Crippen LogP contribution in [0.15, 0.2) is 71.6 Å². The minimum absolute atomic E-state index is 0. The van der Waals surface area contributed by atoms with Crippen LogP contribution in [0.4, 0.5) is 11.4 Å². The molecule has 1 fully saturated rings. The van der Waals surface area contributed by atoms with Gasteiger partial charge in [0, 0.05) is 55.2 Å². The molecule has 0 radical (unpaired) electrons. The number of benzene rings is 3. The van der Waals surface area contributed by atoms with E-state index in [4.69, 9.17) is 0 Å². The van der Waals surface area contributed by atoms with Crippen molar-refractivity contribution in [3.05, 3.63) is 66.7 Å². The highest BCUT2D eigenvalue weighted by atomic mass is 32.2. The van der Waals surface area contributed by atoms with Gasteiger partial charge >= 0.3 is 0 Å². The topological polar surface area (TPSA) is 69.7 Å². The second kappa shape index (κ2) is 8.67. The highest BCUT2D eigenvalue weighted by molar-refractivity contribution is 7.89. The van der Waals surface area contributed by atoms with Crippen LogP contribution in [0.1, 0.15) is 6.42 Å². The molecule has 1 saturated heterocycles. The maximum Gasteiger partial charge on any atom is 0.241 e. The molecule has 0 unspecified atom stereocenters. The van der Waals surface area contributed by atoms with Gasteiger partial charge in [-0.15, -0.1) is 0 Å². The summed E-state index contributed by atoms with van der Waals surface area (Å²) in [5.41, 5.74) is 1.73. The molecule has 0 bridgehead atoms. The molecule has 1 N–H and O–H groups in total. The highest BCUT2D eigenvalue weighted by Gasteiger charge is 2.34. The normalized spacial score (nSPS) is 16.5. The molecular formula is C22H25N3O3S2. The molecule has 3 aromatic carbocycles. The van der Waals surface area contributed by atoms with E-state index in [-0.39, 0.29) is 30.7 Å². The van der Waals surface area contributed by atoms with E-state index in [9.17, 15) is 13.2 Å². The van der Waals surface area contributed by atoms with Crippen molar-refractivity contribution < 1.29 is 13.2 Å². The smallest absolute Gasteiger partial charge is 0.241 e. The Balaban J connectivity index is 0.00000256. The van der Waals surface area contributed by atoms with E-state index in [1.54, 1.807) is 17.0 Å². The fourth-order valence-corrected chi connectivity index (χ4v) is 5.26. The number of fused-ring (bicyclic) bond motifs is 1. The third kappa shape index (κ3) is 4.16. The van der Waals surface area contributed by atoms with Crippen molar-refractivity contribution in [2.24, 2.45) is 0 Å². The first-order valence-corrected chi connectivity index (χ1v) is 10.9. The third-order valence-electron chi connectivity index (χ3n) is 5.15. The Kier molecular flexibility index (Phi) is 6.40. The molecular weight excluding hydrogens is 418 g/mol. The lowest BCUT2D eigenvalue weighted by Gasteiger charge is -2.19. The van der Waals surface area contributed by atoms with Crippen LogP contribution in [0, 0.1) is 0 Å².